The van der Waals surface area contributed by atoms with Gasteiger partial charge in [0, 0.05) is 18.3 Å². The predicted molar refractivity (Wildman–Crippen MR) is 145 cm³/mol. The Balaban J connectivity index is 1.80. The molecule has 1 aliphatic rings. The molecular formula is C26H37N7O6S. The average molecular weight is 576 g/mol. The second kappa shape index (κ2) is 11.7. The molecule has 3 aromatic rings. The van der Waals surface area contributed by atoms with Crippen molar-refractivity contribution in [2.45, 2.75) is 82.7 Å². The van der Waals surface area contributed by atoms with Crippen LogP contribution in [-0.2, 0) is 25.1 Å². The maximum absolute atomic E-state index is 14.0. The van der Waals surface area contributed by atoms with Crippen molar-refractivity contribution in [1.29, 1.82) is 0 Å². The number of ether oxygens (including phenoxy) is 4. The Kier molecular flexibility index (Phi) is 8.71. The molecule has 1 fully saturated rings. The van der Waals surface area contributed by atoms with Crippen molar-refractivity contribution in [2.75, 3.05) is 20.8 Å². The van der Waals surface area contributed by atoms with Gasteiger partial charge in [-0.15, -0.1) is 10.2 Å². The molecule has 14 heteroatoms. The molecule has 1 saturated heterocycles. The second-order valence-corrected chi connectivity index (χ2v) is 13.1. The van der Waals surface area contributed by atoms with Crippen molar-refractivity contribution in [2.24, 2.45) is 0 Å². The molecule has 3 atom stereocenters. The standard InChI is InChI=1S/C26H37N7O6S/c1-15(2)39-21(22-27-10-16(3)11-28-22)17(4)40(34,35)13-19-31-32-23(18-9-26(5,6)38-12-18)33(19)20-24(36-7)29-14-30-25(20)37-8/h10-11,14-15,17-18,21H,9,12-13H2,1-8H3/t17-,18+,21+/m0/s1. The zero-order valence-electron chi connectivity index (χ0n) is 24.2. The molecule has 0 amide bonds. The molecule has 0 aliphatic carbocycles. The highest BCUT2D eigenvalue weighted by Gasteiger charge is 2.40. The Hall–Kier alpha value is -3.23. The summed E-state index contributed by atoms with van der Waals surface area (Å²) in [5, 5.41) is 7.78. The van der Waals surface area contributed by atoms with Gasteiger partial charge in [-0.3, -0.25) is 4.57 Å². The summed E-state index contributed by atoms with van der Waals surface area (Å²) in [4.78, 5) is 17.2. The van der Waals surface area contributed by atoms with Gasteiger partial charge in [0.1, 0.15) is 24.0 Å². The van der Waals surface area contributed by atoms with Gasteiger partial charge in [-0.05, 0) is 53.5 Å². The number of methoxy groups -OCH3 is 2. The summed E-state index contributed by atoms with van der Waals surface area (Å²) in [5.41, 5.74) is 0.793. The third-order valence-corrected chi connectivity index (χ3v) is 8.74. The van der Waals surface area contributed by atoms with Crippen molar-refractivity contribution >= 4 is 9.84 Å². The van der Waals surface area contributed by atoms with E-state index < -0.39 is 26.9 Å². The van der Waals surface area contributed by atoms with E-state index in [0.29, 0.717) is 30.4 Å². The fourth-order valence-electron chi connectivity index (χ4n) is 4.70. The average Bonchev–Trinajstić information content (AvgIpc) is 3.48. The summed E-state index contributed by atoms with van der Waals surface area (Å²) in [6, 6.07) is 0. The van der Waals surface area contributed by atoms with Crippen LogP contribution in [0.2, 0.25) is 0 Å². The van der Waals surface area contributed by atoms with Gasteiger partial charge in [0.15, 0.2) is 27.2 Å². The molecule has 4 heterocycles. The summed E-state index contributed by atoms with van der Waals surface area (Å²) < 4.78 is 52.6. The normalized spacial score (nSPS) is 18.6. The van der Waals surface area contributed by atoms with E-state index in [0.717, 1.165) is 5.56 Å². The van der Waals surface area contributed by atoms with Gasteiger partial charge in [-0.2, -0.15) is 9.97 Å². The molecule has 0 spiro atoms. The van der Waals surface area contributed by atoms with Crippen LogP contribution in [0.4, 0.5) is 0 Å². The molecule has 218 valence electrons. The molecule has 1 aliphatic heterocycles. The minimum atomic E-state index is -3.90. The summed E-state index contributed by atoms with van der Waals surface area (Å²) in [7, 11) is -0.975. The lowest BCUT2D eigenvalue weighted by atomic mass is 9.97. The fraction of sp³-hybridized carbons (Fsp3) is 0.615. The first-order valence-corrected chi connectivity index (χ1v) is 14.8. The Morgan fingerprint density at radius 1 is 1.05 bits per heavy atom. The van der Waals surface area contributed by atoms with Crippen molar-refractivity contribution in [3.63, 3.8) is 0 Å². The van der Waals surface area contributed by atoms with Crippen LogP contribution in [0, 0.1) is 6.92 Å². The highest BCUT2D eigenvalue weighted by Crippen LogP contribution is 2.39. The summed E-state index contributed by atoms with van der Waals surface area (Å²) in [6.07, 6.45) is 4.08. The van der Waals surface area contributed by atoms with Crippen LogP contribution < -0.4 is 9.47 Å². The van der Waals surface area contributed by atoms with Crippen molar-refractivity contribution < 1.29 is 27.4 Å². The van der Waals surface area contributed by atoms with Crippen molar-refractivity contribution in [1.82, 2.24) is 34.7 Å². The maximum Gasteiger partial charge on any atom is 0.245 e. The van der Waals surface area contributed by atoms with E-state index in [1.54, 1.807) is 23.9 Å². The van der Waals surface area contributed by atoms with Crippen LogP contribution in [0.1, 0.15) is 76.1 Å². The summed E-state index contributed by atoms with van der Waals surface area (Å²) in [6.45, 7) is 11.5. The van der Waals surface area contributed by atoms with Crippen LogP contribution in [0.25, 0.3) is 5.69 Å². The topological polar surface area (TPSA) is 153 Å². The maximum atomic E-state index is 14.0. The molecule has 0 aromatic carbocycles. The molecule has 0 saturated carbocycles. The van der Waals surface area contributed by atoms with Gasteiger partial charge in [0.2, 0.25) is 11.8 Å². The third-order valence-electron chi connectivity index (χ3n) is 6.70. The van der Waals surface area contributed by atoms with Crippen molar-refractivity contribution in [3.8, 4) is 17.4 Å². The highest BCUT2D eigenvalue weighted by molar-refractivity contribution is 7.91. The van der Waals surface area contributed by atoms with Gasteiger partial charge in [-0.25, -0.2) is 18.4 Å². The molecule has 0 unspecified atom stereocenters. The van der Waals surface area contributed by atoms with Gasteiger partial charge in [0.25, 0.3) is 0 Å². The number of sulfone groups is 1. The fourth-order valence-corrected chi connectivity index (χ4v) is 6.07. The lowest BCUT2D eigenvalue weighted by molar-refractivity contribution is 0.00140. The van der Waals surface area contributed by atoms with Crippen LogP contribution in [-0.4, -0.2) is 80.9 Å². The Bertz CT molecular complexity index is 1400. The lowest BCUT2D eigenvalue weighted by Crippen LogP contribution is -2.32. The first-order chi connectivity index (χ1) is 18.9. The number of nitrogens with zero attached hydrogens (tertiary/aromatic N) is 7. The highest BCUT2D eigenvalue weighted by atomic mass is 32.2. The summed E-state index contributed by atoms with van der Waals surface area (Å²) >= 11 is 0. The second-order valence-electron chi connectivity index (χ2n) is 10.8. The smallest absolute Gasteiger partial charge is 0.245 e. The minimum absolute atomic E-state index is 0.158. The predicted octanol–water partition coefficient (Wildman–Crippen LogP) is 2.93. The van der Waals surface area contributed by atoms with E-state index in [9.17, 15) is 8.42 Å². The minimum Gasteiger partial charge on any atom is -0.479 e. The monoisotopic (exact) mass is 575 g/mol. The van der Waals surface area contributed by atoms with Crippen LogP contribution in [0.15, 0.2) is 18.7 Å². The van der Waals surface area contributed by atoms with E-state index >= 15 is 0 Å². The zero-order valence-corrected chi connectivity index (χ0v) is 25.0. The number of rotatable bonds is 11. The van der Waals surface area contributed by atoms with Gasteiger partial charge in [-0.1, -0.05) is 0 Å². The molecular weight excluding hydrogens is 538 g/mol. The van der Waals surface area contributed by atoms with E-state index in [1.165, 1.54) is 20.5 Å². The van der Waals surface area contributed by atoms with Crippen molar-refractivity contribution in [3.05, 3.63) is 41.8 Å². The molecule has 13 nitrogen and oxygen atoms in total. The molecule has 0 N–H and O–H groups in total. The van der Waals surface area contributed by atoms with E-state index in [2.05, 4.69) is 30.1 Å². The van der Waals surface area contributed by atoms with Crippen LogP contribution in [0.3, 0.4) is 0 Å². The Morgan fingerprint density at radius 3 is 2.20 bits per heavy atom. The summed E-state index contributed by atoms with van der Waals surface area (Å²) in [5.74, 6) is 0.714. The first-order valence-electron chi connectivity index (χ1n) is 13.0. The van der Waals surface area contributed by atoms with E-state index in [1.807, 2.05) is 34.6 Å². The number of aryl methyl sites for hydroxylation is 1. The van der Waals surface area contributed by atoms with Crippen LogP contribution in [0.5, 0.6) is 11.8 Å². The molecule has 4 rings (SSSR count). The third kappa shape index (κ3) is 6.23. The van der Waals surface area contributed by atoms with Gasteiger partial charge >= 0.3 is 0 Å². The Morgan fingerprint density at radius 2 is 1.68 bits per heavy atom. The molecule has 0 bridgehead atoms. The molecule has 3 aromatic heterocycles. The van der Waals surface area contributed by atoms with E-state index in [-0.39, 0.29) is 35.2 Å². The number of aromatic nitrogens is 7. The quantitative estimate of drug-likeness (QED) is 0.330. The number of hydrogen-bond donors (Lipinski definition) is 0. The van der Waals surface area contributed by atoms with Crippen LogP contribution >= 0.6 is 0 Å². The zero-order chi connectivity index (χ0) is 29.2. The molecule has 0 radical (unpaired) electrons. The largest absolute Gasteiger partial charge is 0.479 e. The first kappa shape index (κ1) is 29.7. The number of hydrogen-bond acceptors (Lipinski definition) is 12. The SMILES string of the molecule is COc1ncnc(OC)c1-n1c(CS(=O)(=O)[C@@H](C)[C@@H](OC(C)C)c2ncc(C)cn2)nnc1[C@H]1COC(C)(C)C1. The van der Waals surface area contributed by atoms with E-state index in [4.69, 9.17) is 18.9 Å². The lowest BCUT2D eigenvalue weighted by Gasteiger charge is -2.25. The van der Waals surface area contributed by atoms with Gasteiger partial charge < -0.3 is 18.9 Å². The Labute approximate surface area is 234 Å². The molecule has 40 heavy (non-hydrogen) atoms. The van der Waals surface area contributed by atoms with Gasteiger partial charge in [0.05, 0.1) is 37.8 Å².